The van der Waals surface area contributed by atoms with E-state index in [0.29, 0.717) is 11.3 Å². The van der Waals surface area contributed by atoms with E-state index < -0.39 is 9.84 Å². The molecular weight excluding hydrogens is 326 g/mol. The molecule has 0 spiro atoms. The van der Waals surface area contributed by atoms with Gasteiger partial charge in [0, 0.05) is 24.2 Å². The maximum absolute atomic E-state index is 12.4. The summed E-state index contributed by atoms with van der Waals surface area (Å²) in [6, 6.07) is 13.2. The van der Waals surface area contributed by atoms with Gasteiger partial charge in [-0.3, -0.25) is 4.79 Å². The minimum Gasteiger partial charge on any atom is -0.320 e. The van der Waals surface area contributed by atoms with Crippen molar-refractivity contribution in [3.05, 3.63) is 72.8 Å². The van der Waals surface area contributed by atoms with Crippen LogP contribution in [-0.4, -0.2) is 30.1 Å². The normalized spacial score (nSPS) is 11.2. The summed E-state index contributed by atoms with van der Waals surface area (Å²) in [5, 5.41) is 2.84. The zero-order chi connectivity index (χ0) is 17.2. The lowest BCUT2D eigenvalue weighted by Crippen LogP contribution is -2.13. The summed E-state index contributed by atoms with van der Waals surface area (Å²) in [5.41, 5.74) is 1.80. The van der Waals surface area contributed by atoms with Crippen molar-refractivity contribution < 1.29 is 13.2 Å². The van der Waals surface area contributed by atoms with Crippen molar-refractivity contribution in [1.29, 1.82) is 0 Å². The monoisotopic (exact) mass is 341 g/mol. The summed E-state index contributed by atoms with van der Waals surface area (Å²) in [4.78, 5) is 16.6. The predicted octanol–water partition coefficient (Wildman–Crippen LogP) is 2.53. The lowest BCUT2D eigenvalue weighted by molar-refractivity contribution is 0.102. The summed E-state index contributed by atoms with van der Waals surface area (Å²) in [6.07, 6.45) is 6.21. The van der Waals surface area contributed by atoms with Crippen LogP contribution in [0.1, 0.15) is 10.4 Å². The third-order valence-electron chi connectivity index (χ3n) is 3.48. The molecule has 122 valence electrons. The fraction of sp³-hybridized carbons (Fsp3) is 0.0588. The van der Waals surface area contributed by atoms with E-state index in [9.17, 15) is 13.2 Å². The standard InChI is InChI=1S/C17H15N3O3S/c1-24(22,23)14-8-6-13(7-9-14)17(21)19-15-4-2-3-5-16(15)20-11-10-18-12-20/h2-12H,1H3,(H,19,21). The maximum atomic E-state index is 12.4. The molecule has 0 radical (unpaired) electrons. The molecule has 1 amide bonds. The van der Waals surface area contributed by atoms with Crippen molar-refractivity contribution in [1.82, 2.24) is 9.55 Å². The van der Waals surface area contributed by atoms with E-state index in [2.05, 4.69) is 10.3 Å². The second-order valence-corrected chi connectivity index (χ2v) is 7.25. The number of aromatic nitrogens is 2. The number of hydrogen-bond donors (Lipinski definition) is 1. The molecule has 0 saturated heterocycles. The van der Waals surface area contributed by atoms with Crippen molar-refractivity contribution in [2.45, 2.75) is 4.90 Å². The van der Waals surface area contributed by atoms with Crippen LogP contribution in [0.15, 0.2) is 72.1 Å². The summed E-state index contributed by atoms with van der Waals surface area (Å²) < 4.78 is 24.7. The first kappa shape index (κ1) is 15.9. The average Bonchev–Trinajstić information content (AvgIpc) is 3.09. The third kappa shape index (κ3) is 3.36. The van der Waals surface area contributed by atoms with Gasteiger partial charge in [-0.15, -0.1) is 0 Å². The largest absolute Gasteiger partial charge is 0.320 e. The van der Waals surface area contributed by atoms with Crippen LogP contribution < -0.4 is 5.32 Å². The average molecular weight is 341 g/mol. The number of sulfone groups is 1. The highest BCUT2D eigenvalue weighted by atomic mass is 32.2. The number of carbonyl (C=O) groups is 1. The minimum absolute atomic E-state index is 0.179. The lowest BCUT2D eigenvalue weighted by atomic mass is 10.2. The van der Waals surface area contributed by atoms with E-state index in [4.69, 9.17) is 0 Å². The molecule has 0 unspecified atom stereocenters. The van der Waals surface area contributed by atoms with Gasteiger partial charge in [0.25, 0.3) is 5.91 Å². The molecule has 3 rings (SSSR count). The Kier molecular flexibility index (Phi) is 4.18. The lowest BCUT2D eigenvalue weighted by Gasteiger charge is -2.11. The van der Waals surface area contributed by atoms with Gasteiger partial charge < -0.3 is 9.88 Å². The topological polar surface area (TPSA) is 81.1 Å². The number of benzene rings is 2. The van der Waals surface area contributed by atoms with Crippen LogP contribution in [0.4, 0.5) is 5.69 Å². The zero-order valence-electron chi connectivity index (χ0n) is 12.9. The Morgan fingerprint density at radius 2 is 1.79 bits per heavy atom. The fourth-order valence-corrected chi connectivity index (χ4v) is 2.88. The van der Waals surface area contributed by atoms with Crippen molar-refractivity contribution in [2.75, 3.05) is 11.6 Å². The Hall–Kier alpha value is -2.93. The summed E-state index contributed by atoms with van der Waals surface area (Å²) in [5.74, 6) is -0.317. The number of amides is 1. The number of carbonyl (C=O) groups excluding carboxylic acids is 1. The highest BCUT2D eigenvalue weighted by Crippen LogP contribution is 2.20. The molecule has 2 aromatic carbocycles. The Balaban J connectivity index is 1.86. The van der Waals surface area contributed by atoms with Gasteiger partial charge in [0.1, 0.15) is 0 Å². The highest BCUT2D eigenvalue weighted by Gasteiger charge is 2.12. The predicted molar refractivity (Wildman–Crippen MR) is 91.1 cm³/mol. The molecule has 1 heterocycles. The number of hydrogen-bond acceptors (Lipinski definition) is 4. The van der Waals surface area contributed by atoms with Crippen molar-refractivity contribution in [3.8, 4) is 5.69 Å². The van der Waals surface area contributed by atoms with Gasteiger partial charge in [0.05, 0.1) is 22.6 Å². The molecule has 0 bridgehead atoms. The second-order valence-electron chi connectivity index (χ2n) is 5.24. The van der Waals surface area contributed by atoms with Gasteiger partial charge >= 0.3 is 0 Å². The molecule has 1 N–H and O–H groups in total. The van der Waals surface area contributed by atoms with E-state index in [1.165, 1.54) is 24.3 Å². The molecule has 0 aliphatic rings. The number of imidazole rings is 1. The summed E-state index contributed by atoms with van der Waals surface area (Å²) in [6.45, 7) is 0. The Morgan fingerprint density at radius 3 is 2.42 bits per heavy atom. The highest BCUT2D eigenvalue weighted by molar-refractivity contribution is 7.90. The fourth-order valence-electron chi connectivity index (χ4n) is 2.25. The van der Waals surface area contributed by atoms with Gasteiger partial charge in [0.15, 0.2) is 9.84 Å². The van der Waals surface area contributed by atoms with E-state index in [-0.39, 0.29) is 10.8 Å². The van der Waals surface area contributed by atoms with Crippen LogP contribution in [0, 0.1) is 0 Å². The SMILES string of the molecule is CS(=O)(=O)c1ccc(C(=O)Nc2ccccc2-n2ccnc2)cc1. The first-order valence-electron chi connectivity index (χ1n) is 7.14. The molecule has 0 fully saturated rings. The van der Waals surface area contributed by atoms with Crippen LogP contribution >= 0.6 is 0 Å². The van der Waals surface area contributed by atoms with Crippen LogP contribution in [0.5, 0.6) is 0 Å². The first-order chi connectivity index (χ1) is 11.4. The smallest absolute Gasteiger partial charge is 0.255 e. The van der Waals surface area contributed by atoms with Crippen molar-refractivity contribution >= 4 is 21.4 Å². The van der Waals surface area contributed by atoms with E-state index in [1.54, 1.807) is 29.4 Å². The number of rotatable bonds is 4. The molecule has 24 heavy (non-hydrogen) atoms. The van der Waals surface area contributed by atoms with E-state index in [1.807, 2.05) is 18.2 Å². The zero-order valence-corrected chi connectivity index (χ0v) is 13.7. The van der Waals surface area contributed by atoms with Crippen LogP contribution in [0.3, 0.4) is 0 Å². The molecule has 0 aliphatic heterocycles. The Bertz CT molecular complexity index is 963. The molecule has 0 saturated carbocycles. The summed E-state index contributed by atoms with van der Waals surface area (Å²) >= 11 is 0. The molecule has 7 heteroatoms. The maximum Gasteiger partial charge on any atom is 0.255 e. The number of para-hydroxylation sites is 2. The molecule has 0 atom stereocenters. The van der Waals surface area contributed by atoms with Gasteiger partial charge in [-0.25, -0.2) is 13.4 Å². The van der Waals surface area contributed by atoms with Crippen molar-refractivity contribution in [3.63, 3.8) is 0 Å². The van der Waals surface area contributed by atoms with Gasteiger partial charge in [0.2, 0.25) is 0 Å². The van der Waals surface area contributed by atoms with Crippen LogP contribution in [0.25, 0.3) is 5.69 Å². The minimum atomic E-state index is -3.28. The van der Waals surface area contributed by atoms with Gasteiger partial charge in [-0.1, -0.05) is 12.1 Å². The van der Waals surface area contributed by atoms with Crippen LogP contribution in [-0.2, 0) is 9.84 Å². The number of nitrogens with zero attached hydrogens (tertiary/aromatic N) is 2. The molecule has 3 aromatic rings. The third-order valence-corrected chi connectivity index (χ3v) is 4.61. The van der Waals surface area contributed by atoms with Crippen molar-refractivity contribution in [2.24, 2.45) is 0 Å². The number of nitrogens with one attached hydrogen (secondary N) is 1. The van der Waals surface area contributed by atoms with Gasteiger partial charge in [-0.2, -0.15) is 0 Å². The van der Waals surface area contributed by atoms with Crippen LogP contribution in [0.2, 0.25) is 0 Å². The molecular formula is C17H15N3O3S. The quantitative estimate of drug-likeness (QED) is 0.791. The van der Waals surface area contributed by atoms with E-state index in [0.717, 1.165) is 11.9 Å². The van der Waals surface area contributed by atoms with E-state index >= 15 is 0 Å². The number of anilines is 1. The Morgan fingerprint density at radius 1 is 1.08 bits per heavy atom. The van der Waals surface area contributed by atoms with Gasteiger partial charge in [-0.05, 0) is 36.4 Å². The molecule has 0 aliphatic carbocycles. The second kappa shape index (κ2) is 6.29. The molecule has 6 nitrogen and oxygen atoms in total. The first-order valence-corrected chi connectivity index (χ1v) is 9.03. The summed E-state index contributed by atoms with van der Waals surface area (Å²) in [7, 11) is -3.28. The Labute approximate surface area is 139 Å². The molecule has 1 aromatic heterocycles.